The van der Waals surface area contributed by atoms with E-state index in [4.69, 9.17) is 0 Å². The number of anilines is 1. The Morgan fingerprint density at radius 1 is 1.10 bits per heavy atom. The van der Waals surface area contributed by atoms with Crippen LogP contribution in [0.5, 0.6) is 0 Å². The number of halogens is 1. The van der Waals surface area contributed by atoms with Crippen LogP contribution < -0.4 is 9.62 Å². The fourth-order valence-electron chi connectivity index (χ4n) is 3.77. The van der Waals surface area contributed by atoms with Crippen LogP contribution in [0.1, 0.15) is 48.9 Å². The molecule has 1 aliphatic rings. The summed E-state index contributed by atoms with van der Waals surface area (Å²) in [4.78, 5) is 12.7. The van der Waals surface area contributed by atoms with Gasteiger partial charge >= 0.3 is 0 Å². The average molecular weight is 479 g/mol. The molecular formula is C22H27BrN2O3S. The fourth-order valence-corrected chi connectivity index (χ4v) is 4.89. The third-order valence-electron chi connectivity index (χ3n) is 5.32. The second-order valence-corrected chi connectivity index (χ2v) is 10.3. The highest BCUT2D eigenvalue weighted by Gasteiger charge is 2.23. The molecule has 0 bridgehead atoms. The molecule has 156 valence electrons. The minimum atomic E-state index is -3.59. The fraction of sp³-hybridized carbons (Fsp3) is 0.409. The van der Waals surface area contributed by atoms with Gasteiger partial charge in [0.2, 0.25) is 15.9 Å². The van der Waals surface area contributed by atoms with Crippen LogP contribution in [0.15, 0.2) is 46.9 Å². The topological polar surface area (TPSA) is 66.5 Å². The maximum Gasteiger partial charge on any atom is 0.241 e. The van der Waals surface area contributed by atoms with Gasteiger partial charge in [-0.05, 0) is 73.1 Å². The molecule has 0 aliphatic heterocycles. The van der Waals surface area contributed by atoms with E-state index in [0.29, 0.717) is 5.69 Å². The van der Waals surface area contributed by atoms with Crippen molar-refractivity contribution in [2.24, 2.45) is 0 Å². The number of carbonyl (C=O) groups excluding carboxylic acids is 1. The zero-order valence-corrected chi connectivity index (χ0v) is 19.2. The van der Waals surface area contributed by atoms with Crippen LogP contribution in [-0.2, 0) is 27.7 Å². The van der Waals surface area contributed by atoms with Gasteiger partial charge in [0.1, 0.15) is 6.54 Å². The Morgan fingerprint density at radius 2 is 1.76 bits per heavy atom. The van der Waals surface area contributed by atoms with Crippen molar-refractivity contribution >= 4 is 37.5 Å². The molecule has 1 aliphatic carbocycles. The van der Waals surface area contributed by atoms with Crippen LogP contribution >= 0.6 is 15.9 Å². The molecule has 0 saturated heterocycles. The van der Waals surface area contributed by atoms with Gasteiger partial charge in [-0.25, -0.2) is 8.42 Å². The van der Waals surface area contributed by atoms with E-state index in [0.717, 1.165) is 39.9 Å². The van der Waals surface area contributed by atoms with Gasteiger partial charge in [0.05, 0.1) is 18.0 Å². The number of amides is 1. The number of nitrogens with zero attached hydrogens (tertiary/aromatic N) is 1. The van der Waals surface area contributed by atoms with Crippen molar-refractivity contribution < 1.29 is 13.2 Å². The van der Waals surface area contributed by atoms with Crippen LogP contribution in [0.25, 0.3) is 0 Å². The summed E-state index contributed by atoms with van der Waals surface area (Å²) in [5.74, 6) is -0.317. The molecule has 2 aromatic rings. The van der Waals surface area contributed by atoms with Gasteiger partial charge < -0.3 is 5.32 Å². The third kappa shape index (κ3) is 5.60. The third-order valence-corrected chi connectivity index (χ3v) is 6.99. The van der Waals surface area contributed by atoms with E-state index in [1.54, 1.807) is 24.3 Å². The van der Waals surface area contributed by atoms with Crippen molar-refractivity contribution in [1.29, 1.82) is 0 Å². The highest BCUT2D eigenvalue weighted by molar-refractivity contribution is 9.10. The summed E-state index contributed by atoms with van der Waals surface area (Å²) in [5, 5.41) is 3.02. The Labute approximate surface area is 181 Å². The molecule has 5 nitrogen and oxygen atoms in total. The van der Waals surface area contributed by atoms with E-state index >= 15 is 0 Å². The van der Waals surface area contributed by atoms with Gasteiger partial charge in [-0.15, -0.1) is 0 Å². The molecule has 0 fully saturated rings. The molecule has 1 N–H and O–H groups in total. The highest BCUT2D eigenvalue weighted by atomic mass is 79.9. The number of sulfonamides is 1. The van der Waals surface area contributed by atoms with Gasteiger partial charge in [-0.2, -0.15) is 0 Å². The lowest BCUT2D eigenvalue weighted by molar-refractivity contribution is -0.120. The minimum Gasteiger partial charge on any atom is -0.348 e. The molecule has 0 aromatic heterocycles. The van der Waals surface area contributed by atoms with Crippen molar-refractivity contribution in [3.63, 3.8) is 0 Å². The molecule has 0 heterocycles. The first kappa shape index (κ1) is 21.8. The second-order valence-electron chi connectivity index (χ2n) is 7.51. The molecule has 0 spiro atoms. The molecule has 29 heavy (non-hydrogen) atoms. The van der Waals surface area contributed by atoms with Gasteiger partial charge in [0.15, 0.2) is 0 Å². The molecule has 0 unspecified atom stereocenters. The zero-order valence-electron chi connectivity index (χ0n) is 16.8. The van der Waals surface area contributed by atoms with Crippen molar-refractivity contribution in [1.82, 2.24) is 5.32 Å². The number of hydrogen-bond donors (Lipinski definition) is 1. The first-order chi connectivity index (χ1) is 13.8. The molecule has 2 aromatic carbocycles. The second kappa shape index (κ2) is 9.30. The standard InChI is InChI=1S/C22H27BrN2O3S/c1-3-21(18-9-8-16-6-4-5-7-17(16)14-18)24-22(26)15-25(29(2,27)28)20-12-10-19(23)11-13-20/h8-14,21H,3-7,15H2,1-2H3,(H,24,26)/t21-/m1/s1. The molecule has 7 heteroatoms. The highest BCUT2D eigenvalue weighted by Crippen LogP contribution is 2.26. The molecular weight excluding hydrogens is 452 g/mol. The first-order valence-electron chi connectivity index (χ1n) is 9.92. The van der Waals surface area contributed by atoms with Crippen LogP contribution in [0.2, 0.25) is 0 Å². The lowest BCUT2D eigenvalue weighted by Gasteiger charge is -2.25. The summed E-state index contributed by atoms with van der Waals surface area (Å²) < 4.78 is 26.5. The zero-order chi connectivity index (χ0) is 21.0. The summed E-state index contributed by atoms with van der Waals surface area (Å²) >= 11 is 3.34. The number of hydrogen-bond acceptors (Lipinski definition) is 3. The summed E-state index contributed by atoms with van der Waals surface area (Å²) in [6.07, 6.45) is 6.49. The lowest BCUT2D eigenvalue weighted by Crippen LogP contribution is -2.41. The molecule has 3 rings (SSSR count). The summed E-state index contributed by atoms with van der Waals surface area (Å²) in [6.45, 7) is 1.77. The van der Waals surface area contributed by atoms with Gasteiger partial charge in [-0.1, -0.05) is 41.1 Å². The maximum absolute atomic E-state index is 12.7. The Kier molecular flexibility index (Phi) is 7.01. The number of nitrogens with one attached hydrogen (secondary N) is 1. The minimum absolute atomic E-state index is 0.138. The summed E-state index contributed by atoms with van der Waals surface area (Å²) in [6, 6.07) is 13.2. The number of rotatable bonds is 7. The predicted molar refractivity (Wildman–Crippen MR) is 121 cm³/mol. The molecule has 0 saturated carbocycles. The van der Waals surface area contributed by atoms with Gasteiger partial charge in [0, 0.05) is 4.47 Å². The Morgan fingerprint density at radius 3 is 2.38 bits per heavy atom. The van der Waals surface area contributed by atoms with Crippen molar-refractivity contribution in [3.8, 4) is 0 Å². The lowest BCUT2D eigenvalue weighted by atomic mass is 9.89. The van der Waals surface area contributed by atoms with E-state index < -0.39 is 10.0 Å². The predicted octanol–water partition coefficient (Wildman–Crippen LogP) is 4.36. The van der Waals surface area contributed by atoms with E-state index in [9.17, 15) is 13.2 Å². The molecule has 1 atom stereocenters. The van der Waals surface area contributed by atoms with E-state index in [1.165, 1.54) is 24.0 Å². The van der Waals surface area contributed by atoms with Crippen molar-refractivity contribution in [2.75, 3.05) is 17.1 Å². The Bertz CT molecular complexity index is 974. The van der Waals surface area contributed by atoms with E-state index in [2.05, 4.69) is 39.4 Å². The van der Waals surface area contributed by atoms with Crippen LogP contribution in [-0.4, -0.2) is 27.1 Å². The van der Waals surface area contributed by atoms with Crippen molar-refractivity contribution in [3.05, 3.63) is 63.6 Å². The maximum atomic E-state index is 12.7. The summed E-state index contributed by atoms with van der Waals surface area (Å²) in [5.41, 5.74) is 4.32. The number of aryl methyl sites for hydroxylation is 2. The smallest absolute Gasteiger partial charge is 0.241 e. The van der Waals surface area contributed by atoms with E-state index in [-0.39, 0.29) is 18.5 Å². The van der Waals surface area contributed by atoms with Gasteiger partial charge in [0.25, 0.3) is 0 Å². The number of carbonyl (C=O) groups is 1. The Hall–Kier alpha value is -1.86. The van der Waals surface area contributed by atoms with Gasteiger partial charge in [-0.3, -0.25) is 9.10 Å². The monoisotopic (exact) mass is 478 g/mol. The van der Waals surface area contributed by atoms with Crippen LogP contribution in [0, 0.1) is 0 Å². The van der Waals surface area contributed by atoms with E-state index in [1.807, 2.05) is 6.92 Å². The molecule has 0 radical (unpaired) electrons. The van der Waals surface area contributed by atoms with Crippen LogP contribution in [0.4, 0.5) is 5.69 Å². The first-order valence-corrected chi connectivity index (χ1v) is 12.6. The normalized spacial score (nSPS) is 14.7. The number of benzene rings is 2. The Balaban J connectivity index is 1.75. The summed E-state index contributed by atoms with van der Waals surface area (Å²) in [7, 11) is -3.59. The van der Waals surface area contributed by atoms with Crippen molar-refractivity contribution in [2.45, 2.75) is 45.1 Å². The quantitative estimate of drug-likeness (QED) is 0.642. The average Bonchev–Trinajstić information content (AvgIpc) is 2.70. The largest absolute Gasteiger partial charge is 0.348 e. The van der Waals surface area contributed by atoms with Crippen LogP contribution in [0.3, 0.4) is 0 Å². The molecule has 1 amide bonds. The SMILES string of the molecule is CC[C@@H](NC(=O)CN(c1ccc(Br)cc1)S(C)(=O)=O)c1ccc2c(c1)CCCC2. The number of fused-ring (bicyclic) bond motifs is 1.